The first-order valence-electron chi connectivity index (χ1n) is 11.3. The van der Waals surface area contributed by atoms with E-state index in [1.807, 2.05) is 12.1 Å². The highest BCUT2D eigenvalue weighted by Crippen LogP contribution is 2.24. The van der Waals surface area contributed by atoms with Crippen molar-refractivity contribution in [3.8, 4) is 0 Å². The van der Waals surface area contributed by atoms with E-state index in [2.05, 4.69) is 10.2 Å². The molecule has 30 heavy (non-hydrogen) atoms. The lowest BCUT2D eigenvalue weighted by molar-refractivity contribution is -0.154. The van der Waals surface area contributed by atoms with Crippen LogP contribution in [0.2, 0.25) is 0 Å². The molecule has 1 unspecified atom stereocenters. The molecular weight excluding hydrogens is 380 g/mol. The van der Waals surface area contributed by atoms with E-state index in [1.165, 1.54) is 32.4 Å². The molecule has 3 fully saturated rings. The Labute approximate surface area is 178 Å². The monoisotopic (exact) mass is 412 g/mol. The summed E-state index contributed by atoms with van der Waals surface area (Å²) in [6.07, 6.45) is 6.54. The zero-order valence-corrected chi connectivity index (χ0v) is 17.6. The summed E-state index contributed by atoms with van der Waals surface area (Å²) in [4.78, 5) is 43.1. The molecule has 0 bridgehead atoms. The summed E-state index contributed by atoms with van der Waals surface area (Å²) in [7, 11) is 0. The summed E-state index contributed by atoms with van der Waals surface area (Å²) in [6.45, 7) is 5.34. The van der Waals surface area contributed by atoms with E-state index in [4.69, 9.17) is 0 Å². The van der Waals surface area contributed by atoms with Crippen molar-refractivity contribution in [2.24, 2.45) is 0 Å². The number of nitrogens with zero attached hydrogens (tertiary/aromatic N) is 3. The third-order valence-electron chi connectivity index (χ3n) is 6.47. The Bertz CT molecular complexity index is 773. The van der Waals surface area contributed by atoms with Crippen LogP contribution >= 0.6 is 0 Å². The minimum atomic E-state index is -0.277. The summed E-state index contributed by atoms with van der Waals surface area (Å²) >= 11 is 0. The predicted molar refractivity (Wildman–Crippen MR) is 114 cm³/mol. The number of benzene rings is 1. The molecule has 0 saturated carbocycles. The minimum Gasteiger partial charge on any atom is -0.352 e. The molecule has 0 aliphatic carbocycles. The molecule has 7 heteroatoms. The maximum Gasteiger partial charge on any atom is 0.251 e. The molecule has 3 aliphatic heterocycles. The van der Waals surface area contributed by atoms with Gasteiger partial charge in [0.25, 0.3) is 5.91 Å². The fourth-order valence-electron chi connectivity index (χ4n) is 4.77. The maximum atomic E-state index is 12.7. The van der Waals surface area contributed by atoms with Gasteiger partial charge in [-0.3, -0.25) is 14.4 Å². The van der Waals surface area contributed by atoms with Gasteiger partial charge in [0.05, 0.1) is 0 Å². The highest BCUT2D eigenvalue weighted by Gasteiger charge is 2.41. The predicted octanol–water partition coefficient (Wildman–Crippen LogP) is 1.63. The van der Waals surface area contributed by atoms with E-state index in [9.17, 15) is 14.4 Å². The van der Waals surface area contributed by atoms with E-state index in [1.54, 1.807) is 21.9 Å². The van der Waals surface area contributed by atoms with E-state index in [0.29, 0.717) is 25.2 Å². The number of hydrogen-bond acceptors (Lipinski definition) is 4. The third-order valence-corrected chi connectivity index (χ3v) is 6.47. The quantitative estimate of drug-likeness (QED) is 0.691. The van der Waals surface area contributed by atoms with Crippen LogP contribution in [0.15, 0.2) is 24.3 Å². The Morgan fingerprint density at radius 3 is 2.53 bits per heavy atom. The van der Waals surface area contributed by atoms with Crippen LogP contribution in [0.3, 0.4) is 0 Å². The SMILES string of the molecule is O=C(NCCCN1CCCCC1)c1ccc(CN2CC(=O)N3CCCC3C2=O)cc1. The molecule has 3 saturated heterocycles. The van der Waals surface area contributed by atoms with Crippen molar-refractivity contribution < 1.29 is 14.4 Å². The van der Waals surface area contributed by atoms with E-state index >= 15 is 0 Å². The van der Waals surface area contributed by atoms with Gasteiger partial charge in [0.1, 0.15) is 12.6 Å². The van der Waals surface area contributed by atoms with Crippen LogP contribution in [0.25, 0.3) is 0 Å². The number of nitrogens with one attached hydrogen (secondary N) is 1. The standard InChI is InChI=1S/C23H32N4O3/c28-21-17-26(23(30)20-6-4-15-27(20)21)16-18-7-9-19(10-8-18)22(29)24-11-5-14-25-12-2-1-3-13-25/h7-10,20H,1-6,11-17H2,(H,24,29). The lowest BCUT2D eigenvalue weighted by Gasteiger charge is -2.36. The highest BCUT2D eigenvalue weighted by atomic mass is 16.2. The number of carbonyl (C=O) groups is 3. The highest BCUT2D eigenvalue weighted by molar-refractivity contribution is 5.95. The number of piperidine rings is 1. The number of carbonyl (C=O) groups excluding carboxylic acids is 3. The van der Waals surface area contributed by atoms with Gasteiger partial charge in [0.2, 0.25) is 11.8 Å². The molecule has 4 rings (SSSR count). The fourth-order valence-corrected chi connectivity index (χ4v) is 4.77. The number of hydrogen-bond donors (Lipinski definition) is 1. The smallest absolute Gasteiger partial charge is 0.251 e. The van der Waals surface area contributed by atoms with Crippen LogP contribution in [0.4, 0.5) is 0 Å². The minimum absolute atomic E-state index is 0.0395. The summed E-state index contributed by atoms with van der Waals surface area (Å²) < 4.78 is 0. The Kier molecular flexibility index (Phi) is 6.67. The number of likely N-dealkylation sites (tertiary alicyclic amines) is 1. The molecule has 3 heterocycles. The molecule has 1 aromatic carbocycles. The zero-order valence-electron chi connectivity index (χ0n) is 17.6. The molecule has 1 atom stereocenters. The number of amides is 3. The second-order valence-electron chi connectivity index (χ2n) is 8.65. The van der Waals surface area contributed by atoms with Crippen molar-refractivity contribution in [2.75, 3.05) is 39.3 Å². The van der Waals surface area contributed by atoms with Crippen molar-refractivity contribution >= 4 is 17.7 Å². The van der Waals surface area contributed by atoms with Crippen LogP contribution in [0.5, 0.6) is 0 Å². The van der Waals surface area contributed by atoms with Gasteiger partial charge < -0.3 is 20.0 Å². The second-order valence-corrected chi connectivity index (χ2v) is 8.65. The van der Waals surface area contributed by atoms with Gasteiger partial charge in [-0.05, 0) is 69.4 Å². The fraction of sp³-hybridized carbons (Fsp3) is 0.609. The lowest BCUT2D eigenvalue weighted by Crippen LogP contribution is -2.56. The summed E-state index contributed by atoms with van der Waals surface area (Å²) in [5.74, 6) is 0.0197. The van der Waals surface area contributed by atoms with Crippen molar-refractivity contribution in [2.45, 2.75) is 51.1 Å². The molecule has 1 aromatic rings. The summed E-state index contributed by atoms with van der Waals surface area (Å²) in [6, 6.07) is 7.07. The molecule has 3 aliphatic rings. The number of fused-ring (bicyclic) bond motifs is 1. The third kappa shape index (κ3) is 4.83. The van der Waals surface area contributed by atoms with Gasteiger partial charge in [-0.15, -0.1) is 0 Å². The van der Waals surface area contributed by atoms with E-state index in [-0.39, 0.29) is 30.3 Å². The molecule has 1 N–H and O–H groups in total. The van der Waals surface area contributed by atoms with Crippen LogP contribution in [-0.2, 0) is 16.1 Å². The Hall–Kier alpha value is -2.41. The number of piperazine rings is 1. The topological polar surface area (TPSA) is 73.0 Å². The van der Waals surface area contributed by atoms with Crippen LogP contribution in [0, 0.1) is 0 Å². The molecule has 0 radical (unpaired) electrons. The largest absolute Gasteiger partial charge is 0.352 e. The summed E-state index contributed by atoms with van der Waals surface area (Å²) in [5, 5.41) is 3.00. The van der Waals surface area contributed by atoms with Gasteiger partial charge in [0, 0.05) is 25.2 Å². The first-order valence-corrected chi connectivity index (χ1v) is 11.3. The molecule has 0 aromatic heterocycles. The van der Waals surface area contributed by atoms with Crippen LogP contribution < -0.4 is 5.32 Å². The van der Waals surface area contributed by atoms with E-state index < -0.39 is 0 Å². The van der Waals surface area contributed by atoms with Gasteiger partial charge >= 0.3 is 0 Å². The van der Waals surface area contributed by atoms with Gasteiger partial charge in [-0.25, -0.2) is 0 Å². The molecular formula is C23H32N4O3. The normalized spacial score (nSPS) is 22.3. The van der Waals surface area contributed by atoms with Crippen LogP contribution in [0.1, 0.15) is 54.4 Å². The first kappa shape index (κ1) is 20.8. The molecule has 0 spiro atoms. The molecule has 3 amide bonds. The lowest BCUT2D eigenvalue weighted by atomic mass is 10.1. The zero-order chi connectivity index (χ0) is 20.9. The Morgan fingerprint density at radius 1 is 1.00 bits per heavy atom. The van der Waals surface area contributed by atoms with Gasteiger partial charge in [-0.2, -0.15) is 0 Å². The molecule has 162 valence electrons. The maximum absolute atomic E-state index is 12.7. The van der Waals surface area contributed by atoms with Gasteiger partial charge in [0.15, 0.2) is 0 Å². The van der Waals surface area contributed by atoms with E-state index in [0.717, 1.165) is 31.4 Å². The first-order chi connectivity index (χ1) is 14.6. The average Bonchev–Trinajstić information content (AvgIpc) is 3.27. The number of rotatable bonds is 7. The average molecular weight is 413 g/mol. The summed E-state index contributed by atoms with van der Waals surface area (Å²) in [5.41, 5.74) is 1.56. The Balaban J connectivity index is 1.24. The molecule has 7 nitrogen and oxygen atoms in total. The van der Waals surface area contributed by atoms with Crippen molar-refractivity contribution in [3.05, 3.63) is 35.4 Å². The van der Waals surface area contributed by atoms with Crippen LogP contribution in [-0.4, -0.2) is 77.7 Å². The Morgan fingerprint density at radius 2 is 1.77 bits per heavy atom. The van der Waals surface area contributed by atoms with Crippen molar-refractivity contribution in [1.29, 1.82) is 0 Å². The second kappa shape index (κ2) is 9.60. The van der Waals surface area contributed by atoms with Gasteiger partial charge in [-0.1, -0.05) is 18.6 Å². The van der Waals surface area contributed by atoms with Crippen molar-refractivity contribution in [1.82, 2.24) is 20.0 Å². The van der Waals surface area contributed by atoms with Crippen molar-refractivity contribution in [3.63, 3.8) is 0 Å².